The van der Waals surface area contributed by atoms with Crippen molar-refractivity contribution in [3.8, 4) is 11.5 Å². The minimum absolute atomic E-state index is 0.364. The fourth-order valence-corrected chi connectivity index (χ4v) is 2.30. The molecule has 0 fully saturated rings. The third-order valence-electron chi connectivity index (χ3n) is 3.72. The van der Waals surface area contributed by atoms with Crippen molar-refractivity contribution in [2.24, 2.45) is 0 Å². The van der Waals surface area contributed by atoms with Gasteiger partial charge in [0.05, 0.1) is 7.11 Å². The minimum Gasteiger partial charge on any atom is -0.493 e. The van der Waals surface area contributed by atoms with Crippen molar-refractivity contribution >= 4 is 23.6 Å². The van der Waals surface area contributed by atoms with E-state index in [-0.39, 0.29) is 6.61 Å². The van der Waals surface area contributed by atoms with Crippen LogP contribution in [0, 0.1) is 6.92 Å². The number of rotatable bonds is 9. The van der Waals surface area contributed by atoms with Crippen LogP contribution in [0.4, 0.5) is 5.69 Å². The molecule has 0 atom stereocenters. The molecule has 0 unspecified atom stereocenters. The summed E-state index contributed by atoms with van der Waals surface area (Å²) in [6, 6.07) is 12.6. The Kier molecular flexibility index (Phi) is 7.84. The molecule has 0 saturated carbocycles. The predicted molar refractivity (Wildman–Crippen MR) is 108 cm³/mol. The van der Waals surface area contributed by atoms with Crippen LogP contribution in [0.15, 0.2) is 61.2 Å². The monoisotopic (exact) mass is 381 g/mol. The lowest BCUT2D eigenvalue weighted by molar-refractivity contribution is -0.142. The lowest BCUT2D eigenvalue weighted by atomic mass is 10.2. The Balaban J connectivity index is 1.88. The largest absolute Gasteiger partial charge is 0.493 e. The van der Waals surface area contributed by atoms with Crippen LogP contribution in [-0.4, -0.2) is 32.2 Å². The molecule has 6 heteroatoms. The molecular weight excluding hydrogens is 358 g/mol. The maximum absolute atomic E-state index is 11.9. The molecule has 6 nitrogen and oxygen atoms in total. The molecule has 2 aromatic rings. The summed E-state index contributed by atoms with van der Waals surface area (Å²) < 4.78 is 15.7. The first-order valence-corrected chi connectivity index (χ1v) is 8.65. The van der Waals surface area contributed by atoms with E-state index in [9.17, 15) is 9.59 Å². The molecule has 0 saturated heterocycles. The molecular formula is C22H23NO5. The fraction of sp³-hybridized carbons (Fsp3) is 0.182. The third kappa shape index (κ3) is 6.32. The second-order valence-corrected chi connectivity index (χ2v) is 5.81. The van der Waals surface area contributed by atoms with Crippen molar-refractivity contribution in [2.45, 2.75) is 6.92 Å². The molecule has 0 aromatic heterocycles. The zero-order valence-corrected chi connectivity index (χ0v) is 15.9. The van der Waals surface area contributed by atoms with E-state index in [1.165, 1.54) is 13.2 Å². The van der Waals surface area contributed by atoms with Crippen molar-refractivity contribution < 1.29 is 23.8 Å². The minimum atomic E-state index is -0.620. The summed E-state index contributed by atoms with van der Waals surface area (Å²) >= 11 is 0. The second-order valence-electron chi connectivity index (χ2n) is 5.81. The van der Waals surface area contributed by atoms with Crippen LogP contribution >= 0.6 is 0 Å². The zero-order chi connectivity index (χ0) is 20.4. The normalized spacial score (nSPS) is 10.4. The van der Waals surface area contributed by atoms with Gasteiger partial charge in [-0.2, -0.15) is 0 Å². The summed E-state index contributed by atoms with van der Waals surface area (Å²) in [5, 5.41) is 2.70. The Morgan fingerprint density at radius 1 is 1.14 bits per heavy atom. The van der Waals surface area contributed by atoms with Crippen molar-refractivity contribution in [1.29, 1.82) is 0 Å². The van der Waals surface area contributed by atoms with Gasteiger partial charge in [-0.05, 0) is 42.3 Å². The first kappa shape index (κ1) is 20.8. The predicted octanol–water partition coefficient (Wildman–Crippen LogP) is 3.76. The Bertz CT molecular complexity index is 873. The van der Waals surface area contributed by atoms with Gasteiger partial charge in [-0.15, -0.1) is 0 Å². The molecule has 0 radical (unpaired) electrons. The molecule has 146 valence electrons. The number of hydrogen-bond acceptors (Lipinski definition) is 5. The van der Waals surface area contributed by atoms with E-state index in [0.29, 0.717) is 23.8 Å². The topological polar surface area (TPSA) is 73.9 Å². The molecule has 0 spiro atoms. The molecule has 0 heterocycles. The average molecular weight is 381 g/mol. The number of ether oxygens (including phenoxy) is 3. The number of nitrogens with one attached hydrogen (secondary N) is 1. The number of para-hydroxylation sites is 1. The van der Waals surface area contributed by atoms with Crippen molar-refractivity contribution in [1.82, 2.24) is 0 Å². The number of hydrogen-bond donors (Lipinski definition) is 1. The van der Waals surface area contributed by atoms with E-state index in [0.717, 1.165) is 11.1 Å². The Hall–Kier alpha value is -3.54. The SMILES string of the molecule is C=CCOc1ccc(/C=C/C(=O)OCC(=O)Nc2ccccc2C)cc1OC. The summed E-state index contributed by atoms with van der Waals surface area (Å²) in [6.07, 6.45) is 4.46. The van der Waals surface area contributed by atoms with E-state index in [4.69, 9.17) is 14.2 Å². The van der Waals surface area contributed by atoms with Crippen molar-refractivity contribution in [3.63, 3.8) is 0 Å². The number of esters is 1. The van der Waals surface area contributed by atoms with Gasteiger partial charge in [0, 0.05) is 11.8 Å². The van der Waals surface area contributed by atoms with E-state index in [1.807, 2.05) is 25.1 Å². The number of anilines is 1. The number of amides is 1. The van der Waals surface area contributed by atoms with E-state index in [1.54, 1.807) is 36.4 Å². The molecule has 0 bridgehead atoms. The van der Waals surface area contributed by atoms with Gasteiger partial charge in [0.1, 0.15) is 6.61 Å². The van der Waals surface area contributed by atoms with E-state index >= 15 is 0 Å². The van der Waals surface area contributed by atoms with Crippen LogP contribution in [0.3, 0.4) is 0 Å². The number of carbonyl (C=O) groups is 2. The summed E-state index contributed by atoms with van der Waals surface area (Å²) in [6.45, 7) is 5.48. The quantitative estimate of drug-likeness (QED) is 0.407. The second kappa shape index (κ2) is 10.6. The van der Waals surface area contributed by atoms with Gasteiger partial charge in [0.2, 0.25) is 0 Å². The van der Waals surface area contributed by atoms with Gasteiger partial charge >= 0.3 is 5.97 Å². The molecule has 1 N–H and O–H groups in total. The maximum Gasteiger partial charge on any atom is 0.331 e. The van der Waals surface area contributed by atoms with Gasteiger partial charge in [-0.25, -0.2) is 4.79 Å². The molecule has 1 amide bonds. The van der Waals surface area contributed by atoms with Crippen LogP contribution in [-0.2, 0) is 14.3 Å². The Morgan fingerprint density at radius 2 is 1.93 bits per heavy atom. The molecule has 0 aliphatic heterocycles. The highest BCUT2D eigenvalue weighted by molar-refractivity contribution is 5.95. The maximum atomic E-state index is 11.9. The highest BCUT2D eigenvalue weighted by Gasteiger charge is 2.08. The highest BCUT2D eigenvalue weighted by Crippen LogP contribution is 2.28. The summed E-state index contributed by atoms with van der Waals surface area (Å²) in [5.74, 6) is 0.0947. The first-order chi connectivity index (χ1) is 13.5. The van der Waals surface area contributed by atoms with Gasteiger partial charge in [0.15, 0.2) is 18.1 Å². The van der Waals surface area contributed by atoms with Crippen LogP contribution in [0.2, 0.25) is 0 Å². The number of benzene rings is 2. The van der Waals surface area contributed by atoms with Crippen LogP contribution in [0.5, 0.6) is 11.5 Å². The smallest absolute Gasteiger partial charge is 0.331 e. The molecule has 0 aliphatic carbocycles. The standard InChI is InChI=1S/C22H23NO5/c1-4-13-27-19-11-9-17(14-20(19)26-3)10-12-22(25)28-15-21(24)23-18-8-6-5-7-16(18)2/h4-12,14H,1,13,15H2,2-3H3,(H,23,24)/b12-10+. The van der Waals surface area contributed by atoms with Crippen molar-refractivity contribution in [2.75, 3.05) is 25.6 Å². The average Bonchev–Trinajstić information content (AvgIpc) is 2.71. The lowest BCUT2D eigenvalue weighted by Gasteiger charge is -2.09. The highest BCUT2D eigenvalue weighted by atomic mass is 16.5. The van der Waals surface area contributed by atoms with Gasteiger partial charge in [-0.1, -0.05) is 36.9 Å². The Morgan fingerprint density at radius 3 is 2.64 bits per heavy atom. The number of carbonyl (C=O) groups excluding carboxylic acids is 2. The van der Waals surface area contributed by atoms with Gasteiger partial charge < -0.3 is 19.5 Å². The first-order valence-electron chi connectivity index (χ1n) is 8.65. The lowest BCUT2D eigenvalue weighted by Crippen LogP contribution is -2.20. The number of methoxy groups -OCH3 is 1. The molecule has 2 rings (SSSR count). The zero-order valence-electron chi connectivity index (χ0n) is 15.9. The fourth-order valence-electron chi connectivity index (χ4n) is 2.30. The summed E-state index contributed by atoms with van der Waals surface area (Å²) in [4.78, 5) is 23.7. The van der Waals surface area contributed by atoms with Gasteiger partial charge in [0.25, 0.3) is 5.91 Å². The number of aryl methyl sites for hydroxylation is 1. The van der Waals surface area contributed by atoms with Crippen LogP contribution in [0.25, 0.3) is 6.08 Å². The van der Waals surface area contributed by atoms with E-state index in [2.05, 4.69) is 11.9 Å². The summed E-state index contributed by atoms with van der Waals surface area (Å²) in [7, 11) is 1.53. The van der Waals surface area contributed by atoms with Gasteiger partial charge in [-0.3, -0.25) is 4.79 Å². The molecule has 0 aliphatic rings. The molecule has 28 heavy (non-hydrogen) atoms. The molecule has 2 aromatic carbocycles. The Labute approximate surface area is 164 Å². The van der Waals surface area contributed by atoms with Crippen molar-refractivity contribution in [3.05, 3.63) is 72.3 Å². The summed E-state index contributed by atoms with van der Waals surface area (Å²) in [5.41, 5.74) is 2.34. The van der Waals surface area contributed by atoms with Crippen LogP contribution in [0.1, 0.15) is 11.1 Å². The van der Waals surface area contributed by atoms with Crippen LogP contribution < -0.4 is 14.8 Å². The third-order valence-corrected chi connectivity index (χ3v) is 3.72. The van der Waals surface area contributed by atoms with E-state index < -0.39 is 11.9 Å².